The lowest BCUT2D eigenvalue weighted by atomic mass is 10.1. The van der Waals surface area contributed by atoms with Crippen LogP contribution >= 0.6 is 0 Å². The minimum absolute atomic E-state index is 0.0977. The zero-order chi connectivity index (χ0) is 20.6. The molecule has 2 aliphatic rings. The highest BCUT2D eigenvalue weighted by Crippen LogP contribution is 2.34. The van der Waals surface area contributed by atoms with Crippen molar-refractivity contribution in [3.8, 4) is 11.5 Å². The van der Waals surface area contributed by atoms with Gasteiger partial charge in [-0.15, -0.1) is 0 Å². The van der Waals surface area contributed by atoms with Gasteiger partial charge in [-0.25, -0.2) is 8.42 Å². The van der Waals surface area contributed by atoms with Gasteiger partial charge >= 0.3 is 11.8 Å². The number of carbonyl (C=O) groups excluding carboxylic acids is 2. The maximum Gasteiger partial charge on any atom is 0.314 e. The minimum atomic E-state index is -3.34. The Labute approximate surface area is 167 Å². The van der Waals surface area contributed by atoms with Crippen LogP contribution in [0.4, 0.5) is 17.1 Å². The highest BCUT2D eigenvalue weighted by atomic mass is 32.2. The summed E-state index contributed by atoms with van der Waals surface area (Å²) in [7, 11) is -3.34. The molecule has 0 unspecified atom stereocenters. The fraction of sp³-hybridized carbons (Fsp3) is 0.263. The maximum atomic E-state index is 12.4. The van der Waals surface area contributed by atoms with Crippen LogP contribution in [0.2, 0.25) is 0 Å². The van der Waals surface area contributed by atoms with Gasteiger partial charge in [0.25, 0.3) is 0 Å². The largest absolute Gasteiger partial charge is 0.454 e. The van der Waals surface area contributed by atoms with Crippen LogP contribution in [0, 0.1) is 6.92 Å². The van der Waals surface area contributed by atoms with E-state index in [2.05, 4.69) is 10.6 Å². The van der Waals surface area contributed by atoms with Crippen molar-refractivity contribution in [1.82, 2.24) is 0 Å². The van der Waals surface area contributed by atoms with Crippen LogP contribution < -0.4 is 24.4 Å². The van der Waals surface area contributed by atoms with Gasteiger partial charge in [0.05, 0.1) is 11.4 Å². The minimum Gasteiger partial charge on any atom is -0.454 e. The van der Waals surface area contributed by atoms with Crippen LogP contribution in [0.25, 0.3) is 0 Å². The molecular weight excluding hydrogens is 398 g/mol. The monoisotopic (exact) mass is 417 g/mol. The number of amides is 2. The molecule has 2 aromatic carbocycles. The molecule has 29 heavy (non-hydrogen) atoms. The van der Waals surface area contributed by atoms with Gasteiger partial charge in [-0.1, -0.05) is 6.07 Å². The summed E-state index contributed by atoms with van der Waals surface area (Å²) in [5.74, 6) is -0.578. The Morgan fingerprint density at radius 3 is 2.52 bits per heavy atom. The van der Waals surface area contributed by atoms with Crippen LogP contribution in [0.15, 0.2) is 36.4 Å². The molecule has 0 aliphatic carbocycles. The smallest absolute Gasteiger partial charge is 0.314 e. The normalized spacial score (nSPS) is 16.5. The Kier molecular flexibility index (Phi) is 4.79. The van der Waals surface area contributed by atoms with E-state index in [0.717, 1.165) is 0 Å². The van der Waals surface area contributed by atoms with E-state index in [-0.39, 0.29) is 12.5 Å². The van der Waals surface area contributed by atoms with Crippen molar-refractivity contribution in [1.29, 1.82) is 0 Å². The highest BCUT2D eigenvalue weighted by molar-refractivity contribution is 7.93. The Bertz CT molecular complexity index is 1100. The number of aryl methyl sites for hydroxylation is 1. The first kappa shape index (κ1) is 19.1. The second-order valence-corrected chi connectivity index (χ2v) is 8.73. The van der Waals surface area contributed by atoms with Crippen molar-refractivity contribution >= 4 is 38.9 Å². The lowest BCUT2D eigenvalue weighted by molar-refractivity contribution is -0.133. The molecule has 4 rings (SSSR count). The molecular formula is C19H19N3O6S. The zero-order valence-electron chi connectivity index (χ0n) is 15.6. The first-order valence-corrected chi connectivity index (χ1v) is 10.6. The summed E-state index contributed by atoms with van der Waals surface area (Å²) < 4.78 is 36.0. The average molecular weight is 417 g/mol. The predicted molar refractivity (Wildman–Crippen MR) is 107 cm³/mol. The van der Waals surface area contributed by atoms with Crippen molar-refractivity contribution in [3.63, 3.8) is 0 Å². The number of anilines is 3. The Morgan fingerprint density at radius 1 is 1.00 bits per heavy atom. The number of nitrogens with zero attached hydrogens (tertiary/aromatic N) is 1. The average Bonchev–Trinajstić information content (AvgIpc) is 3.28. The lowest BCUT2D eigenvalue weighted by Crippen LogP contribution is -2.29. The topological polar surface area (TPSA) is 114 Å². The number of ether oxygens (including phenoxy) is 2. The molecule has 2 amide bonds. The van der Waals surface area contributed by atoms with Crippen LogP contribution in [-0.4, -0.2) is 39.3 Å². The van der Waals surface area contributed by atoms with Crippen LogP contribution in [-0.2, 0) is 19.6 Å². The van der Waals surface area contributed by atoms with Gasteiger partial charge in [0.1, 0.15) is 0 Å². The molecule has 0 spiro atoms. The first-order valence-electron chi connectivity index (χ1n) is 8.96. The third kappa shape index (κ3) is 3.83. The molecule has 9 nitrogen and oxygen atoms in total. The van der Waals surface area contributed by atoms with Crippen molar-refractivity contribution < 1.29 is 27.5 Å². The van der Waals surface area contributed by atoms with Gasteiger partial charge in [0.2, 0.25) is 16.8 Å². The van der Waals surface area contributed by atoms with Crippen molar-refractivity contribution in [2.75, 3.05) is 34.0 Å². The number of rotatable bonds is 3. The van der Waals surface area contributed by atoms with Crippen molar-refractivity contribution in [2.24, 2.45) is 0 Å². The predicted octanol–water partition coefficient (Wildman–Crippen LogP) is 1.84. The fourth-order valence-electron chi connectivity index (χ4n) is 3.17. The maximum absolute atomic E-state index is 12.4. The summed E-state index contributed by atoms with van der Waals surface area (Å²) in [6.07, 6.45) is 0.551. The molecule has 10 heteroatoms. The van der Waals surface area contributed by atoms with E-state index in [1.165, 1.54) is 4.31 Å². The molecule has 1 fully saturated rings. The standard InChI is InChI=1S/C19H19N3O6S/c1-12-3-5-14(22-7-2-8-29(22,25)26)10-15(12)21-19(24)18(23)20-13-4-6-16-17(9-13)28-11-27-16/h3-6,9-10H,2,7-8,11H2,1H3,(H,20,23)(H,21,24). The summed E-state index contributed by atoms with van der Waals surface area (Å²) in [5, 5.41) is 5.05. The van der Waals surface area contributed by atoms with E-state index < -0.39 is 21.8 Å². The Morgan fingerprint density at radius 2 is 1.76 bits per heavy atom. The zero-order valence-corrected chi connectivity index (χ0v) is 16.4. The first-order chi connectivity index (χ1) is 13.8. The molecule has 2 aromatic rings. The van der Waals surface area contributed by atoms with E-state index in [1.54, 1.807) is 43.3 Å². The van der Waals surface area contributed by atoms with Crippen molar-refractivity contribution in [3.05, 3.63) is 42.0 Å². The van der Waals surface area contributed by atoms with E-state index in [9.17, 15) is 18.0 Å². The number of sulfonamides is 1. The molecule has 0 saturated carbocycles. The lowest BCUT2D eigenvalue weighted by Gasteiger charge is -2.19. The quantitative estimate of drug-likeness (QED) is 0.737. The number of fused-ring (bicyclic) bond motifs is 1. The van der Waals surface area contributed by atoms with Crippen molar-refractivity contribution in [2.45, 2.75) is 13.3 Å². The molecule has 2 heterocycles. The van der Waals surface area contributed by atoms with Gasteiger partial charge in [0, 0.05) is 24.0 Å². The molecule has 0 radical (unpaired) electrons. The number of benzene rings is 2. The summed E-state index contributed by atoms with van der Waals surface area (Å²) in [5.41, 5.74) is 1.92. The second-order valence-electron chi connectivity index (χ2n) is 6.72. The Balaban J connectivity index is 1.47. The molecule has 2 N–H and O–H groups in total. The summed E-state index contributed by atoms with van der Waals surface area (Å²) in [4.78, 5) is 24.6. The van der Waals surface area contributed by atoms with Gasteiger partial charge in [0.15, 0.2) is 11.5 Å². The molecule has 0 bridgehead atoms. The van der Waals surface area contributed by atoms with Gasteiger partial charge in [-0.05, 0) is 43.2 Å². The summed E-state index contributed by atoms with van der Waals surface area (Å²) in [6, 6.07) is 9.75. The van der Waals surface area contributed by atoms with Crippen LogP contribution in [0.3, 0.4) is 0 Å². The molecule has 0 atom stereocenters. The van der Waals surface area contributed by atoms with E-state index >= 15 is 0 Å². The second kappa shape index (κ2) is 7.28. The van der Waals surface area contributed by atoms with Crippen LogP contribution in [0.5, 0.6) is 11.5 Å². The molecule has 2 aliphatic heterocycles. The highest BCUT2D eigenvalue weighted by Gasteiger charge is 2.29. The summed E-state index contributed by atoms with van der Waals surface area (Å²) in [6.45, 7) is 2.26. The van der Waals surface area contributed by atoms with E-state index in [1.807, 2.05) is 0 Å². The number of nitrogens with one attached hydrogen (secondary N) is 2. The third-order valence-corrected chi connectivity index (χ3v) is 6.56. The van der Waals surface area contributed by atoms with Crippen LogP contribution in [0.1, 0.15) is 12.0 Å². The number of hydrogen-bond acceptors (Lipinski definition) is 6. The third-order valence-electron chi connectivity index (χ3n) is 4.69. The van der Waals surface area contributed by atoms with Gasteiger partial charge < -0.3 is 20.1 Å². The molecule has 152 valence electrons. The Hall–Kier alpha value is -3.27. The molecule has 0 aromatic heterocycles. The fourth-order valence-corrected chi connectivity index (χ4v) is 4.73. The molecule has 1 saturated heterocycles. The van der Waals surface area contributed by atoms with Gasteiger partial charge in [-0.2, -0.15) is 0 Å². The summed E-state index contributed by atoms with van der Waals surface area (Å²) >= 11 is 0. The number of carbonyl (C=O) groups is 2. The SMILES string of the molecule is Cc1ccc(N2CCCS2(=O)=O)cc1NC(=O)C(=O)Nc1ccc2c(c1)OCO2. The van der Waals surface area contributed by atoms with E-state index in [4.69, 9.17) is 9.47 Å². The van der Waals surface area contributed by atoms with Gasteiger partial charge in [-0.3, -0.25) is 13.9 Å². The number of hydrogen-bond donors (Lipinski definition) is 2. The van der Waals surface area contributed by atoms with E-state index in [0.29, 0.717) is 47.1 Å².